The number of nitrogens with zero attached hydrogens (tertiary/aromatic N) is 1. The summed E-state index contributed by atoms with van der Waals surface area (Å²) in [5.41, 5.74) is 1.74. The van der Waals surface area contributed by atoms with Crippen molar-refractivity contribution in [1.82, 2.24) is 10.6 Å². The van der Waals surface area contributed by atoms with Crippen molar-refractivity contribution in [3.05, 3.63) is 35.1 Å². The molecule has 1 aliphatic rings. The largest absolute Gasteiger partial charge is 0.354 e. The molecule has 0 radical (unpaired) electrons. The van der Waals surface area contributed by atoms with Crippen LogP contribution in [0.25, 0.3) is 0 Å². The van der Waals surface area contributed by atoms with Crippen LogP contribution in [-0.2, 0) is 6.54 Å². The maximum atomic E-state index is 13.2. The summed E-state index contributed by atoms with van der Waals surface area (Å²) in [7, 11) is 1.78. The van der Waals surface area contributed by atoms with Gasteiger partial charge in [-0.2, -0.15) is 11.8 Å². The molecule has 1 aromatic rings. The zero-order valence-electron chi connectivity index (χ0n) is 12.9. The minimum Gasteiger partial charge on any atom is -0.354 e. The van der Waals surface area contributed by atoms with E-state index in [-0.39, 0.29) is 5.82 Å². The summed E-state index contributed by atoms with van der Waals surface area (Å²) in [6.07, 6.45) is 5.84. The number of aliphatic imine (C=N–C) groups is 1. The average molecular weight is 309 g/mol. The van der Waals surface area contributed by atoms with Crippen LogP contribution in [0.3, 0.4) is 0 Å². The van der Waals surface area contributed by atoms with E-state index in [9.17, 15) is 4.39 Å². The van der Waals surface area contributed by atoms with Crippen molar-refractivity contribution in [1.29, 1.82) is 0 Å². The smallest absolute Gasteiger partial charge is 0.191 e. The molecule has 2 N–H and O–H groups in total. The van der Waals surface area contributed by atoms with Gasteiger partial charge in [0.2, 0.25) is 0 Å². The molecule has 116 valence electrons. The van der Waals surface area contributed by atoms with E-state index in [1.54, 1.807) is 14.0 Å². The highest BCUT2D eigenvalue weighted by Crippen LogP contribution is 2.27. The average Bonchev–Trinajstić information content (AvgIpc) is 2.94. The van der Waals surface area contributed by atoms with Gasteiger partial charge < -0.3 is 10.6 Å². The molecular formula is C16H24FN3S. The van der Waals surface area contributed by atoms with Gasteiger partial charge in [0.05, 0.1) is 0 Å². The third kappa shape index (κ3) is 4.63. The van der Waals surface area contributed by atoms with Crippen LogP contribution in [0.5, 0.6) is 0 Å². The Labute approximate surface area is 130 Å². The Morgan fingerprint density at radius 1 is 1.43 bits per heavy atom. The van der Waals surface area contributed by atoms with E-state index in [1.807, 2.05) is 23.9 Å². The Balaban J connectivity index is 1.84. The molecule has 1 saturated carbocycles. The van der Waals surface area contributed by atoms with Gasteiger partial charge >= 0.3 is 0 Å². The second-order valence-corrected chi connectivity index (χ2v) is 6.66. The molecule has 2 rings (SSSR count). The molecule has 2 atom stereocenters. The van der Waals surface area contributed by atoms with Gasteiger partial charge in [-0.1, -0.05) is 12.1 Å². The quantitative estimate of drug-likeness (QED) is 0.663. The van der Waals surface area contributed by atoms with Gasteiger partial charge in [-0.15, -0.1) is 0 Å². The summed E-state index contributed by atoms with van der Waals surface area (Å²) in [5, 5.41) is 7.54. The van der Waals surface area contributed by atoms with Crippen molar-refractivity contribution < 1.29 is 4.39 Å². The van der Waals surface area contributed by atoms with Crippen LogP contribution >= 0.6 is 11.8 Å². The first-order valence-corrected chi connectivity index (χ1v) is 8.66. The number of hydrogen-bond acceptors (Lipinski definition) is 2. The SMILES string of the molecule is CN=C(NCc1ccc(F)c(C)c1)NC1CCC(SC)C1. The first kappa shape index (κ1) is 16.1. The summed E-state index contributed by atoms with van der Waals surface area (Å²) in [6, 6.07) is 5.70. The monoisotopic (exact) mass is 309 g/mol. The Bertz CT molecular complexity index is 504. The molecule has 0 saturated heterocycles. The second-order valence-electron chi connectivity index (χ2n) is 5.52. The van der Waals surface area contributed by atoms with Crippen molar-refractivity contribution in [3.63, 3.8) is 0 Å². The fraction of sp³-hybridized carbons (Fsp3) is 0.562. The van der Waals surface area contributed by atoms with Crippen LogP contribution < -0.4 is 10.6 Å². The van der Waals surface area contributed by atoms with Crippen LogP contribution in [0, 0.1) is 12.7 Å². The first-order valence-electron chi connectivity index (χ1n) is 7.37. The van der Waals surface area contributed by atoms with Gasteiger partial charge in [0.15, 0.2) is 5.96 Å². The van der Waals surface area contributed by atoms with E-state index in [2.05, 4.69) is 21.9 Å². The van der Waals surface area contributed by atoms with Crippen LogP contribution in [0.4, 0.5) is 4.39 Å². The van der Waals surface area contributed by atoms with Crippen molar-refractivity contribution in [2.75, 3.05) is 13.3 Å². The Hall–Kier alpha value is -1.23. The van der Waals surface area contributed by atoms with Crippen molar-refractivity contribution in [2.24, 2.45) is 4.99 Å². The van der Waals surface area contributed by atoms with Crippen LogP contribution in [-0.4, -0.2) is 30.6 Å². The highest BCUT2D eigenvalue weighted by molar-refractivity contribution is 7.99. The van der Waals surface area contributed by atoms with Gasteiger partial charge in [-0.3, -0.25) is 4.99 Å². The molecule has 0 spiro atoms. The Kier molecular flexibility index (Phi) is 5.91. The fourth-order valence-corrected chi connectivity index (χ4v) is 3.47. The van der Waals surface area contributed by atoms with E-state index in [1.165, 1.54) is 25.3 Å². The summed E-state index contributed by atoms with van der Waals surface area (Å²) < 4.78 is 13.2. The summed E-state index contributed by atoms with van der Waals surface area (Å²) in [5.74, 6) is 0.666. The number of thioether (sulfide) groups is 1. The predicted octanol–water partition coefficient (Wildman–Crippen LogP) is 3.08. The fourth-order valence-electron chi connectivity index (χ4n) is 2.68. The van der Waals surface area contributed by atoms with Crippen molar-refractivity contribution >= 4 is 17.7 Å². The standard InChI is InChI=1S/C16H24FN3S/c1-11-8-12(4-7-15(11)17)10-19-16(18-2)20-13-5-6-14(9-13)21-3/h4,7-8,13-14H,5-6,9-10H2,1-3H3,(H2,18,19,20). The molecule has 2 unspecified atom stereocenters. The number of halogens is 1. The molecule has 0 heterocycles. The Morgan fingerprint density at radius 3 is 2.86 bits per heavy atom. The van der Waals surface area contributed by atoms with Gasteiger partial charge in [-0.05, 0) is 49.6 Å². The van der Waals surface area contributed by atoms with E-state index in [4.69, 9.17) is 0 Å². The highest BCUT2D eigenvalue weighted by Gasteiger charge is 2.24. The summed E-state index contributed by atoms with van der Waals surface area (Å²) in [6.45, 7) is 2.44. The zero-order valence-corrected chi connectivity index (χ0v) is 13.8. The maximum Gasteiger partial charge on any atom is 0.191 e. The third-order valence-electron chi connectivity index (χ3n) is 3.96. The third-order valence-corrected chi connectivity index (χ3v) is 5.06. The Morgan fingerprint density at radius 2 is 2.24 bits per heavy atom. The maximum absolute atomic E-state index is 13.2. The van der Waals surface area contributed by atoms with Gasteiger partial charge in [-0.25, -0.2) is 4.39 Å². The van der Waals surface area contributed by atoms with Crippen molar-refractivity contribution in [2.45, 2.75) is 44.0 Å². The van der Waals surface area contributed by atoms with Crippen LogP contribution in [0.15, 0.2) is 23.2 Å². The zero-order chi connectivity index (χ0) is 15.2. The molecule has 21 heavy (non-hydrogen) atoms. The molecule has 0 amide bonds. The van der Waals surface area contributed by atoms with E-state index >= 15 is 0 Å². The van der Waals surface area contributed by atoms with E-state index in [0.717, 1.165) is 16.8 Å². The normalized spacial score (nSPS) is 22.4. The van der Waals surface area contributed by atoms with E-state index in [0.29, 0.717) is 18.2 Å². The molecule has 1 fully saturated rings. The molecule has 5 heteroatoms. The number of rotatable bonds is 4. The minimum absolute atomic E-state index is 0.157. The molecule has 3 nitrogen and oxygen atoms in total. The number of benzene rings is 1. The topological polar surface area (TPSA) is 36.4 Å². The molecular weight excluding hydrogens is 285 g/mol. The van der Waals surface area contributed by atoms with Crippen LogP contribution in [0.2, 0.25) is 0 Å². The lowest BCUT2D eigenvalue weighted by atomic mass is 10.1. The predicted molar refractivity (Wildman–Crippen MR) is 89.4 cm³/mol. The number of aryl methyl sites for hydroxylation is 1. The van der Waals surface area contributed by atoms with Crippen LogP contribution in [0.1, 0.15) is 30.4 Å². The number of guanidine groups is 1. The second kappa shape index (κ2) is 7.69. The minimum atomic E-state index is -0.157. The molecule has 0 aromatic heterocycles. The lowest BCUT2D eigenvalue weighted by Crippen LogP contribution is -2.42. The van der Waals surface area contributed by atoms with Crippen molar-refractivity contribution in [3.8, 4) is 0 Å². The number of hydrogen-bond donors (Lipinski definition) is 2. The molecule has 1 aliphatic carbocycles. The molecule has 0 aliphatic heterocycles. The summed E-state index contributed by atoms with van der Waals surface area (Å²) in [4.78, 5) is 4.27. The summed E-state index contributed by atoms with van der Waals surface area (Å²) >= 11 is 1.95. The molecule has 1 aromatic carbocycles. The first-order chi connectivity index (χ1) is 10.1. The van der Waals surface area contributed by atoms with Gasteiger partial charge in [0.1, 0.15) is 5.82 Å². The lowest BCUT2D eigenvalue weighted by molar-refractivity contribution is 0.612. The lowest BCUT2D eigenvalue weighted by Gasteiger charge is -2.17. The number of nitrogens with one attached hydrogen (secondary N) is 2. The highest BCUT2D eigenvalue weighted by atomic mass is 32.2. The van der Waals surface area contributed by atoms with E-state index < -0.39 is 0 Å². The van der Waals surface area contributed by atoms with Gasteiger partial charge in [0.25, 0.3) is 0 Å². The molecule has 0 bridgehead atoms. The van der Waals surface area contributed by atoms with Gasteiger partial charge in [0, 0.05) is 24.9 Å².